The molecule has 2 amide bonds. The lowest BCUT2D eigenvalue weighted by Crippen LogP contribution is -2.59. The Bertz CT molecular complexity index is 1700. The van der Waals surface area contributed by atoms with Crippen molar-refractivity contribution in [2.45, 2.75) is 55.5 Å². The van der Waals surface area contributed by atoms with Crippen LogP contribution in [0, 0.1) is 5.92 Å². The van der Waals surface area contributed by atoms with E-state index in [0.29, 0.717) is 70.0 Å². The van der Waals surface area contributed by atoms with E-state index in [2.05, 4.69) is 45.4 Å². The number of piperazine rings is 1. The third-order valence-corrected chi connectivity index (χ3v) is 12.1. The lowest BCUT2D eigenvalue weighted by Gasteiger charge is -2.47. The van der Waals surface area contributed by atoms with Crippen LogP contribution in [0.2, 0.25) is 0 Å². The van der Waals surface area contributed by atoms with E-state index in [1.54, 1.807) is 30.7 Å². The summed E-state index contributed by atoms with van der Waals surface area (Å²) in [5, 5.41) is 3.77. The fraction of sp³-hybridized carbons (Fsp3) is 0.553. The Labute approximate surface area is 319 Å². The van der Waals surface area contributed by atoms with Gasteiger partial charge < -0.3 is 29.5 Å². The zero-order valence-electron chi connectivity index (χ0n) is 31.5. The number of piperidine rings is 1. The number of sulfonamides is 1. The lowest BCUT2D eigenvalue weighted by molar-refractivity contribution is -0.133. The molecule has 290 valence electrons. The molecule has 2 aliphatic heterocycles. The topological polar surface area (TPSA) is 127 Å². The van der Waals surface area contributed by atoms with Gasteiger partial charge in [0.25, 0.3) is 5.91 Å². The summed E-state index contributed by atoms with van der Waals surface area (Å²) in [7, 11) is 4.05. The summed E-state index contributed by atoms with van der Waals surface area (Å²) in [6, 6.07) is -0.914. The molecule has 2 heterocycles. The van der Waals surface area contributed by atoms with Crippen molar-refractivity contribution in [1.82, 2.24) is 29.2 Å². The quantitative estimate of drug-likeness (QED) is 0.235. The van der Waals surface area contributed by atoms with Crippen molar-refractivity contribution in [2.24, 2.45) is 10.9 Å². The zero-order valence-corrected chi connectivity index (χ0v) is 33.1. The summed E-state index contributed by atoms with van der Waals surface area (Å²) in [5.74, 6) is -0.322. The van der Waals surface area contributed by atoms with Crippen LogP contribution in [0.3, 0.4) is 0 Å². The van der Waals surface area contributed by atoms with Crippen LogP contribution in [0.1, 0.15) is 25.7 Å². The molecule has 15 heteroatoms. The molecule has 0 spiro atoms. The second kappa shape index (κ2) is 17.2. The molecular weight excluding hydrogens is 718 g/mol. The number of nitrogens with zero attached hydrogens (tertiary/aromatic N) is 6. The largest absolute Gasteiger partial charge is 0.446 e. The average molecular weight is 772 g/mol. The molecule has 53 heavy (non-hydrogen) atoms. The van der Waals surface area contributed by atoms with Crippen LogP contribution in [0.25, 0.3) is 0 Å². The lowest BCUT2D eigenvalue weighted by atomic mass is 9.80. The number of carbonyl (C=O) groups excluding carboxylic acids is 2. The van der Waals surface area contributed by atoms with Gasteiger partial charge in [-0.15, -0.1) is 0 Å². The number of ether oxygens (including phenoxy) is 2. The van der Waals surface area contributed by atoms with Crippen molar-refractivity contribution < 1.29 is 27.5 Å². The van der Waals surface area contributed by atoms with Crippen molar-refractivity contribution >= 4 is 40.0 Å². The summed E-state index contributed by atoms with van der Waals surface area (Å²) < 4.78 is 36.7. The maximum atomic E-state index is 13.6. The van der Waals surface area contributed by atoms with Gasteiger partial charge in [0.05, 0.1) is 24.7 Å². The van der Waals surface area contributed by atoms with Crippen LogP contribution in [0.15, 0.2) is 88.8 Å². The second-order valence-corrected chi connectivity index (χ2v) is 17.0. The Hall–Kier alpha value is -3.69. The Balaban J connectivity index is 1.40. The number of nitrogens with one attached hydrogen (secondary N) is 1. The molecule has 5 aliphatic rings. The molecule has 5 rings (SSSR count). The SMILES string of the molecule is C=CN(C)C1C(=C)/C=C(/C(/C=C/N=CN(C)C)NC(=O)C2(OC)CC2)C2=CC(C=CC(Cl)=C2)C1N1CCN(C(=O)OC2CCN(S(C)(=O)=O)CC2)CC1. The minimum atomic E-state index is -3.26. The van der Waals surface area contributed by atoms with E-state index < -0.39 is 21.7 Å². The van der Waals surface area contributed by atoms with Gasteiger partial charge in [0.2, 0.25) is 10.0 Å². The number of likely N-dealkylation sites (N-methyl/N-ethyl adjacent to an activating group) is 1. The zero-order chi connectivity index (χ0) is 38.5. The highest BCUT2D eigenvalue weighted by Gasteiger charge is 2.51. The summed E-state index contributed by atoms with van der Waals surface area (Å²) >= 11 is 6.80. The van der Waals surface area contributed by atoms with Crippen molar-refractivity contribution in [3.8, 4) is 0 Å². The first-order chi connectivity index (χ1) is 25.2. The molecule has 0 radical (unpaired) electrons. The summed E-state index contributed by atoms with van der Waals surface area (Å²) in [4.78, 5) is 39.2. The highest BCUT2D eigenvalue weighted by Crippen LogP contribution is 2.40. The number of methoxy groups -OCH3 is 1. The van der Waals surface area contributed by atoms with E-state index in [-0.39, 0.29) is 36.1 Å². The molecule has 2 bridgehead atoms. The number of carbonyl (C=O) groups is 2. The molecule has 1 N–H and O–H groups in total. The standard InChI is InChI=1S/C38H54ClN7O6S/c1-8-43(5)34-27(2)23-32(33(11-16-40-26-42(3)4)41-36(47)38(51-6)14-15-38)29-24-28(9-10-30(39)25-29)35(34)44-19-21-45(22-20-44)37(48)52-31-12-17-46(18-13-31)53(7,49)50/h8-11,16,23-26,28,31,33-35H,1-2,12-15,17-22H2,3-7H3,(H,41,47)/b16-11+,32-23+,40-26?. The van der Waals surface area contributed by atoms with Gasteiger partial charge in [0, 0.05) is 90.7 Å². The van der Waals surface area contributed by atoms with E-state index in [1.165, 1.54) is 10.6 Å². The first kappa shape index (κ1) is 40.5. The Morgan fingerprint density at radius 3 is 2.38 bits per heavy atom. The maximum Gasteiger partial charge on any atom is 0.410 e. The van der Waals surface area contributed by atoms with Crippen LogP contribution in [-0.4, -0.2) is 154 Å². The van der Waals surface area contributed by atoms with Crippen LogP contribution in [0.5, 0.6) is 0 Å². The second-order valence-electron chi connectivity index (χ2n) is 14.5. The van der Waals surface area contributed by atoms with Gasteiger partial charge >= 0.3 is 6.09 Å². The predicted octanol–water partition coefficient (Wildman–Crippen LogP) is 3.48. The van der Waals surface area contributed by atoms with Gasteiger partial charge in [0.15, 0.2) is 0 Å². The fourth-order valence-electron chi connectivity index (χ4n) is 7.38. The molecule has 0 aromatic heterocycles. The monoisotopic (exact) mass is 771 g/mol. The first-order valence-electron chi connectivity index (χ1n) is 18.1. The highest BCUT2D eigenvalue weighted by atomic mass is 35.5. The van der Waals surface area contributed by atoms with E-state index in [4.69, 9.17) is 21.1 Å². The normalized spacial score (nSPS) is 27.1. The summed E-state index contributed by atoms with van der Waals surface area (Å²) in [6.07, 6.45) is 20.0. The Morgan fingerprint density at radius 2 is 1.79 bits per heavy atom. The summed E-state index contributed by atoms with van der Waals surface area (Å²) in [5.41, 5.74) is 1.65. The van der Waals surface area contributed by atoms with Gasteiger partial charge in [0.1, 0.15) is 11.7 Å². The number of rotatable bonds is 12. The number of aliphatic imine (C=N–C) groups is 1. The van der Waals surface area contributed by atoms with Gasteiger partial charge in [-0.3, -0.25) is 9.69 Å². The van der Waals surface area contributed by atoms with E-state index in [9.17, 15) is 18.0 Å². The molecule has 0 aromatic carbocycles. The number of fused-ring (bicyclic) bond motifs is 1. The van der Waals surface area contributed by atoms with E-state index in [0.717, 1.165) is 16.7 Å². The Morgan fingerprint density at radius 1 is 1.11 bits per heavy atom. The molecule has 4 atom stereocenters. The minimum Gasteiger partial charge on any atom is -0.446 e. The number of hydrogen-bond acceptors (Lipinski definition) is 9. The van der Waals surface area contributed by atoms with Crippen molar-refractivity contribution in [1.29, 1.82) is 0 Å². The predicted molar refractivity (Wildman–Crippen MR) is 209 cm³/mol. The Kier molecular flexibility index (Phi) is 13.1. The molecule has 3 fully saturated rings. The maximum absolute atomic E-state index is 13.6. The number of halogens is 1. The number of amides is 2. The third kappa shape index (κ3) is 9.90. The minimum absolute atomic E-state index is 0.111. The molecule has 2 saturated heterocycles. The van der Waals surface area contributed by atoms with E-state index in [1.807, 2.05) is 50.3 Å². The van der Waals surface area contributed by atoms with Crippen molar-refractivity contribution in [3.05, 3.63) is 83.8 Å². The van der Waals surface area contributed by atoms with Crippen LogP contribution < -0.4 is 5.32 Å². The van der Waals surface area contributed by atoms with Gasteiger partial charge in [-0.05, 0) is 66.8 Å². The smallest absolute Gasteiger partial charge is 0.410 e. The molecule has 1 saturated carbocycles. The van der Waals surface area contributed by atoms with Gasteiger partial charge in [-0.25, -0.2) is 22.5 Å². The summed E-state index contributed by atoms with van der Waals surface area (Å²) in [6.45, 7) is 11.5. The molecular formula is C38H54ClN7O6S. The van der Waals surface area contributed by atoms with Crippen LogP contribution in [0.4, 0.5) is 4.79 Å². The average Bonchev–Trinajstić information content (AvgIpc) is 3.95. The van der Waals surface area contributed by atoms with Crippen molar-refractivity contribution in [3.63, 3.8) is 0 Å². The van der Waals surface area contributed by atoms with E-state index >= 15 is 0 Å². The van der Waals surface area contributed by atoms with Gasteiger partial charge in [-0.2, -0.15) is 0 Å². The van der Waals surface area contributed by atoms with Gasteiger partial charge in [-0.1, -0.05) is 43.0 Å². The molecule has 3 aliphatic carbocycles. The molecule has 4 unspecified atom stereocenters. The number of allylic oxidation sites excluding steroid dienone is 3. The number of hydrogen-bond donors (Lipinski definition) is 1. The highest BCUT2D eigenvalue weighted by molar-refractivity contribution is 7.88. The van der Waals surface area contributed by atoms with Crippen LogP contribution in [-0.2, 0) is 24.3 Å². The van der Waals surface area contributed by atoms with Crippen molar-refractivity contribution in [2.75, 3.05) is 73.8 Å². The third-order valence-electron chi connectivity index (χ3n) is 10.6. The fourth-order valence-corrected chi connectivity index (χ4v) is 8.44. The molecule has 0 aromatic rings. The molecule has 13 nitrogen and oxygen atoms in total. The van der Waals surface area contributed by atoms with Crippen LogP contribution >= 0.6 is 11.6 Å². The first-order valence-corrected chi connectivity index (χ1v) is 20.3.